The highest BCUT2D eigenvalue weighted by atomic mass is 19.1. The normalized spacial score (nSPS) is 10.6. The number of carbonyl (C=O) groups excluding carboxylic acids is 3. The maximum atomic E-state index is 13.7. The van der Waals surface area contributed by atoms with E-state index < -0.39 is 23.6 Å². The van der Waals surface area contributed by atoms with Crippen LogP contribution in [0.5, 0.6) is 11.5 Å². The summed E-state index contributed by atoms with van der Waals surface area (Å²) in [5.74, 6) is -1.47. The smallest absolute Gasteiger partial charge is 0.346 e. The molecular formula is C26H24FN3O5. The van der Waals surface area contributed by atoms with E-state index in [1.54, 1.807) is 42.5 Å². The largest absolute Gasteiger partial charge is 0.494 e. The van der Waals surface area contributed by atoms with Crippen LogP contribution in [0.3, 0.4) is 0 Å². The number of hydrogen-bond donors (Lipinski definition) is 2. The zero-order chi connectivity index (χ0) is 25.0. The monoisotopic (exact) mass is 477 g/mol. The van der Waals surface area contributed by atoms with Gasteiger partial charge in [-0.3, -0.25) is 9.59 Å². The highest BCUT2D eigenvalue weighted by molar-refractivity contribution is 5.96. The summed E-state index contributed by atoms with van der Waals surface area (Å²) in [7, 11) is 0. The molecule has 180 valence electrons. The number of nitrogens with zero attached hydrogens (tertiary/aromatic N) is 1. The van der Waals surface area contributed by atoms with Crippen LogP contribution >= 0.6 is 0 Å². The van der Waals surface area contributed by atoms with Crippen LogP contribution in [0.4, 0.5) is 4.39 Å². The van der Waals surface area contributed by atoms with Crippen molar-refractivity contribution in [2.45, 2.75) is 13.3 Å². The van der Waals surface area contributed by atoms with Crippen LogP contribution in [0.25, 0.3) is 0 Å². The van der Waals surface area contributed by atoms with E-state index in [1.807, 2.05) is 6.92 Å². The highest BCUT2D eigenvalue weighted by Crippen LogP contribution is 2.15. The number of nitrogens with one attached hydrogen (secondary N) is 2. The molecule has 9 heteroatoms. The third kappa shape index (κ3) is 7.78. The van der Waals surface area contributed by atoms with Gasteiger partial charge in [-0.1, -0.05) is 19.1 Å². The molecule has 8 nitrogen and oxygen atoms in total. The number of benzene rings is 3. The van der Waals surface area contributed by atoms with Gasteiger partial charge in [-0.15, -0.1) is 0 Å². The molecule has 0 aliphatic carbocycles. The Hall–Kier alpha value is -4.53. The number of halogens is 1. The second kappa shape index (κ2) is 12.6. The Balaban J connectivity index is 1.42. The summed E-state index contributed by atoms with van der Waals surface area (Å²) in [5, 5.41) is 6.34. The van der Waals surface area contributed by atoms with Crippen LogP contribution in [0.2, 0.25) is 0 Å². The van der Waals surface area contributed by atoms with E-state index in [0.717, 1.165) is 6.42 Å². The predicted octanol–water partition coefficient (Wildman–Crippen LogP) is 3.71. The Kier molecular flexibility index (Phi) is 9.07. The van der Waals surface area contributed by atoms with Crippen molar-refractivity contribution in [2.24, 2.45) is 5.10 Å². The summed E-state index contributed by atoms with van der Waals surface area (Å²) in [6, 6.07) is 18.4. The fourth-order valence-electron chi connectivity index (χ4n) is 2.81. The Morgan fingerprint density at radius 1 is 0.943 bits per heavy atom. The van der Waals surface area contributed by atoms with Gasteiger partial charge < -0.3 is 14.8 Å². The molecule has 0 unspecified atom stereocenters. The maximum absolute atomic E-state index is 13.7. The molecule has 0 aliphatic rings. The molecule has 0 saturated heterocycles. The zero-order valence-electron chi connectivity index (χ0n) is 19.0. The van der Waals surface area contributed by atoms with Crippen molar-refractivity contribution in [2.75, 3.05) is 13.2 Å². The van der Waals surface area contributed by atoms with Crippen LogP contribution in [0.1, 0.15) is 39.6 Å². The van der Waals surface area contributed by atoms with E-state index in [0.29, 0.717) is 23.5 Å². The molecule has 3 aromatic rings. The van der Waals surface area contributed by atoms with Crippen molar-refractivity contribution in [3.8, 4) is 11.5 Å². The highest BCUT2D eigenvalue weighted by Gasteiger charge is 2.13. The lowest BCUT2D eigenvalue weighted by Gasteiger charge is -2.07. The van der Waals surface area contributed by atoms with Gasteiger partial charge in [0.1, 0.15) is 17.3 Å². The van der Waals surface area contributed by atoms with Crippen LogP contribution in [0, 0.1) is 5.82 Å². The number of amides is 2. The molecule has 0 fully saturated rings. The molecule has 0 saturated carbocycles. The molecule has 0 aromatic heterocycles. The van der Waals surface area contributed by atoms with Crippen LogP contribution in [-0.2, 0) is 4.79 Å². The van der Waals surface area contributed by atoms with Gasteiger partial charge in [0.15, 0.2) is 0 Å². The maximum Gasteiger partial charge on any atom is 0.346 e. The Morgan fingerprint density at radius 2 is 1.63 bits per heavy atom. The minimum atomic E-state index is -0.806. The summed E-state index contributed by atoms with van der Waals surface area (Å²) in [4.78, 5) is 36.1. The standard InChI is InChI=1S/C26H24FN3O5/c1-2-15-34-20-13-9-19(10-14-20)25(32)28-17-24(31)30-29-16-18-7-11-21(12-8-18)35-26(33)22-5-3-4-6-23(22)27/h3-14,16H,2,15,17H2,1H3,(H,28,32)(H,30,31)/b29-16+. The van der Waals surface area contributed by atoms with Gasteiger partial charge in [0.2, 0.25) is 0 Å². The first-order valence-corrected chi connectivity index (χ1v) is 10.9. The first-order chi connectivity index (χ1) is 17.0. The topological polar surface area (TPSA) is 106 Å². The van der Waals surface area contributed by atoms with Crippen molar-refractivity contribution in [1.29, 1.82) is 0 Å². The quantitative estimate of drug-likeness (QED) is 0.200. The van der Waals surface area contributed by atoms with Crippen molar-refractivity contribution >= 4 is 24.0 Å². The van der Waals surface area contributed by atoms with E-state index in [4.69, 9.17) is 9.47 Å². The number of hydrazone groups is 1. The Morgan fingerprint density at radius 3 is 2.31 bits per heavy atom. The molecule has 0 spiro atoms. The lowest BCUT2D eigenvalue weighted by Crippen LogP contribution is -2.34. The third-order valence-electron chi connectivity index (χ3n) is 4.59. The number of hydrogen-bond acceptors (Lipinski definition) is 6. The summed E-state index contributed by atoms with van der Waals surface area (Å²) in [6.45, 7) is 2.34. The van der Waals surface area contributed by atoms with E-state index in [9.17, 15) is 18.8 Å². The molecule has 0 radical (unpaired) electrons. The fraction of sp³-hybridized carbons (Fsp3) is 0.154. The molecule has 2 amide bonds. The van der Waals surface area contributed by atoms with E-state index in [-0.39, 0.29) is 17.9 Å². The molecule has 3 aromatic carbocycles. The SMILES string of the molecule is CCCOc1ccc(C(=O)NCC(=O)N/N=C/c2ccc(OC(=O)c3ccccc3F)cc2)cc1. The lowest BCUT2D eigenvalue weighted by molar-refractivity contribution is -0.120. The molecule has 0 bridgehead atoms. The number of carbonyl (C=O) groups is 3. The lowest BCUT2D eigenvalue weighted by atomic mass is 10.2. The molecule has 3 rings (SSSR count). The molecular weight excluding hydrogens is 453 g/mol. The van der Waals surface area contributed by atoms with E-state index in [2.05, 4.69) is 15.8 Å². The Bertz CT molecular complexity index is 1190. The first kappa shape index (κ1) is 25.1. The van der Waals surface area contributed by atoms with Gasteiger partial charge in [0, 0.05) is 5.56 Å². The zero-order valence-corrected chi connectivity index (χ0v) is 19.0. The van der Waals surface area contributed by atoms with Gasteiger partial charge in [-0.25, -0.2) is 14.6 Å². The number of ether oxygens (including phenoxy) is 2. The van der Waals surface area contributed by atoms with Gasteiger partial charge >= 0.3 is 5.97 Å². The number of rotatable bonds is 10. The molecule has 0 atom stereocenters. The van der Waals surface area contributed by atoms with Crippen LogP contribution < -0.4 is 20.2 Å². The number of esters is 1. The molecule has 0 aliphatic heterocycles. The van der Waals surface area contributed by atoms with Crippen molar-refractivity contribution < 1.29 is 28.2 Å². The summed E-state index contributed by atoms with van der Waals surface area (Å²) in [5.41, 5.74) is 3.17. The van der Waals surface area contributed by atoms with Gasteiger partial charge in [-0.2, -0.15) is 5.10 Å². The Labute approximate surface area is 201 Å². The average Bonchev–Trinajstić information content (AvgIpc) is 2.87. The minimum Gasteiger partial charge on any atom is -0.494 e. The first-order valence-electron chi connectivity index (χ1n) is 10.9. The van der Waals surface area contributed by atoms with Gasteiger partial charge in [-0.05, 0) is 72.6 Å². The fourth-order valence-corrected chi connectivity index (χ4v) is 2.81. The van der Waals surface area contributed by atoms with Gasteiger partial charge in [0.25, 0.3) is 11.8 Å². The predicted molar refractivity (Wildman–Crippen MR) is 128 cm³/mol. The second-order valence-electron chi connectivity index (χ2n) is 7.29. The van der Waals surface area contributed by atoms with Crippen molar-refractivity contribution in [1.82, 2.24) is 10.7 Å². The molecule has 2 N–H and O–H groups in total. The second-order valence-corrected chi connectivity index (χ2v) is 7.29. The third-order valence-corrected chi connectivity index (χ3v) is 4.59. The van der Waals surface area contributed by atoms with E-state index in [1.165, 1.54) is 36.5 Å². The van der Waals surface area contributed by atoms with Crippen molar-refractivity contribution in [3.05, 3.63) is 95.3 Å². The minimum absolute atomic E-state index is 0.161. The van der Waals surface area contributed by atoms with Crippen LogP contribution in [-0.4, -0.2) is 37.1 Å². The molecule has 0 heterocycles. The van der Waals surface area contributed by atoms with Gasteiger partial charge in [0.05, 0.1) is 24.9 Å². The average molecular weight is 477 g/mol. The molecule has 35 heavy (non-hydrogen) atoms. The summed E-state index contributed by atoms with van der Waals surface area (Å²) >= 11 is 0. The summed E-state index contributed by atoms with van der Waals surface area (Å²) < 4.78 is 24.3. The summed E-state index contributed by atoms with van der Waals surface area (Å²) in [6.07, 6.45) is 2.27. The van der Waals surface area contributed by atoms with Crippen molar-refractivity contribution in [3.63, 3.8) is 0 Å². The van der Waals surface area contributed by atoms with E-state index >= 15 is 0 Å². The van der Waals surface area contributed by atoms with Crippen LogP contribution in [0.15, 0.2) is 77.9 Å².